The molecule has 2 aromatic heterocycles. The third-order valence-corrected chi connectivity index (χ3v) is 4.42. The van der Waals surface area contributed by atoms with Crippen molar-refractivity contribution in [3.8, 4) is 0 Å². The van der Waals surface area contributed by atoms with E-state index in [9.17, 15) is 4.79 Å². The lowest BCUT2D eigenvalue weighted by atomic mass is 10.2. The number of pyridine rings is 1. The number of aromatic nitrogens is 2. The normalized spacial score (nSPS) is 18.1. The lowest BCUT2D eigenvalue weighted by molar-refractivity contribution is -0.135. The Kier molecular flexibility index (Phi) is 3.68. The van der Waals surface area contributed by atoms with Crippen LogP contribution in [0.1, 0.15) is 18.5 Å². The van der Waals surface area contributed by atoms with Gasteiger partial charge in [-0.2, -0.15) is 0 Å². The Labute approximate surface area is 125 Å². The van der Waals surface area contributed by atoms with Crippen LogP contribution < -0.4 is 0 Å². The van der Waals surface area contributed by atoms with Gasteiger partial charge in [-0.1, -0.05) is 0 Å². The highest BCUT2D eigenvalue weighted by Crippen LogP contribution is 2.24. The quantitative estimate of drug-likeness (QED) is 0.843. The lowest BCUT2D eigenvalue weighted by Gasteiger charge is -2.34. The Balaban J connectivity index is 1.86. The van der Waals surface area contributed by atoms with E-state index in [4.69, 9.17) is 0 Å². The molecule has 21 heavy (non-hydrogen) atoms. The molecule has 3 rings (SSSR count). The molecule has 5 heteroatoms. The van der Waals surface area contributed by atoms with E-state index in [1.807, 2.05) is 24.1 Å². The molecular weight excluding hydrogens is 264 g/mol. The summed E-state index contributed by atoms with van der Waals surface area (Å²) in [4.78, 5) is 21.1. The summed E-state index contributed by atoms with van der Waals surface area (Å²) in [6.45, 7) is 7.59. The van der Waals surface area contributed by atoms with Crippen LogP contribution in [0.3, 0.4) is 0 Å². The molecule has 1 amide bonds. The molecule has 5 nitrogen and oxygen atoms in total. The standard InChI is InChI=1S/C16H22N4O/c1-12-11-20(15-4-5-17-10-14(12)15)13(2)16(21)19-8-6-18(3)7-9-19/h4-5,10-11,13H,6-9H2,1-3H3/t13-/m1/s1. The van der Waals surface area contributed by atoms with Crippen molar-refractivity contribution in [1.29, 1.82) is 0 Å². The van der Waals surface area contributed by atoms with Crippen molar-refractivity contribution in [3.05, 3.63) is 30.2 Å². The van der Waals surface area contributed by atoms with Crippen molar-refractivity contribution in [3.63, 3.8) is 0 Å². The van der Waals surface area contributed by atoms with E-state index in [0.717, 1.165) is 42.6 Å². The number of nitrogens with zero attached hydrogens (tertiary/aromatic N) is 4. The van der Waals surface area contributed by atoms with E-state index < -0.39 is 0 Å². The molecule has 0 radical (unpaired) electrons. The van der Waals surface area contributed by atoms with Gasteiger partial charge in [-0.15, -0.1) is 0 Å². The number of hydrogen-bond donors (Lipinski definition) is 0. The Morgan fingerprint density at radius 1 is 1.29 bits per heavy atom. The van der Waals surface area contributed by atoms with Crippen LogP contribution in [0.15, 0.2) is 24.7 Å². The van der Waals surface area contributed by atoms with E-state index >= 15 is 0 Å². The van der Waals surface area contributed by atoms with Gasteiger partial charge in [0.1, 0.15) is 6.04 Å². The third kappa shape index (κ3) is 2.53. The molecule has 0 spiro atoms. The second kappa shape index (κ2) is 5.48. The number of carbonyl (C=O) groups excluding carboxylic acids is 1. The van der Waals surface area contributed by atoms with Crippen LogP contribution in [0.25, 0.3) is 10.9 Å². The smallest absolute Gasteiger partial charge is 0.245 e. The molecule has 1 aliphatic rings. The van der Waals surface area contributed by atoms with Gasteiger partial charge in [-0.25, -0.2) is 0 Å². The summed E-state index contributed by atoms with van der Waals surface area (Å²) < 4.78 is 2.08. The Morgan fingerprint density at radius 2 is 2.00 bits per heavy atom. The van der Waals surface area contributed by atoms with Crippen LogP contribution in [-0.2, 0) is 4.79 Å². The first-order valence-corrected chi connectivity index (χ1v) is 7.46. The fourth-order valence-electron chi connectivity index (χ4n) is 2.99. The zero-order valence-corrected chi connectivity index (χ0v) is 12.9. The van der Waals surface area contributed by atoms with Gasteiger partial charge >= 0.3 is 0 Å². The minimum Gasteiger partial charge on any atom is -0.338 e. The van der Waals surface area contributed by atoms with Crippen molar-refractivity contribution < 1.29 is 4.79 Å². The van der Waals surface area contributed by atoms with E-state index in [1.54, 1.807) is 6.20 Å². The monoisotopic (exact) mass is 286 g/mol. The molecule has 0 bridgehead atoms. The van der Waals surface area contributed by atoms with Crippen LogP contribution in [0, 0.1) is 6.92 Å². The predicted octanol–water partition coefficient (Wildman–Crippen LogP) is 1.68. The first-order valence-electron chi connectivity index (χ1n) is 7.46. The molecule has 0 unspecified atom stereocenters. The summed E-state index contributed by atoms with van der Waals surface area (Å²) >= 11 is 0. The van der Waals surface area contributed by atoms with E-state index in [1.165, 1.54) is 0 Å². The van der Waals surface area contributed by atoms with Crippen molar-refractivity contribution in [2.45, 2.75) is 19.9 Å². The van der Waals surface area contributed by atoms with Gasteiger partial charge in [-0.05, 0) is 32.5 Å². The van der Waals surface area contributed by atoms with Crippen molar-refractivity contribution in [2.75, 3.05) is 33.2 Å². The SMILES string of the molecule is Cc1cn([C@H](C)C(=O)N2CCN(C)CC2)c2ccncc12. The van der Waals surface area contributed by atoms with Crippen LogP contribution in [0.5, 0.6) is 0 Å². The van der Waals surface area contributed by atoms with Crippen LogP contribution in [0.2, 0.25) is 0 Å². The minimum atomic E-state index is -0.174. The van der Waals surface area contributed by atoms with Gasteiger partial charge < -0.3 is 14.4 Å². The molecule has 1 saturated heterocycles. The number of piperazine rings is 1. The summed E-state index contributed by atoms with van der Waals surface area (Å²) in [5.74, 6) is 0.205. The average molecular weight is 286 g/mol. The zero-order valence-electron chi connectivity index (χ0n) is 12.9. The number of hydrogen-bond acceptors (Lipinski definition) is 3. The number of aryl methyl sites for hydroxylation is 1. The zero-order chi connectivity index (χ0) is 15.0. The molecule has 0 N–H and O–H groups in total. The maximum atomic E-state index is 12.7. The van der Waals surface area contributed by atoms with Gasteiger partial charge in [0.15, 0.2) is 0 Å². The second-order valence-electron chi connectivity index (χ2n) is 5.92. The molecule has 1 atom stereocenters. The second-order valence-corrected chi connectivity index (χ2v) is 5.92. The van der Waals surface area contributed by atoms with Crippen molar-refractivity contribution >= 4 is 16.8 Å². The highest BCUT2D eigenvalue weighted by molar-refractivity contribution is 5.87. The fourth-order valence-corrected chi connectivity index (χ4v) is 2.99. The van der Waals surface area contributed by atoms with Crippen LogP contribution in [-0.4, -0.2) is 58.5 Å². The first-order chi connectivity index (χ1) is 10.1. The minimum absolute atomic E-state index is 0.174. The topological polar surface area (TPSA) is 41.4 Å². The molecular formula is C16H22N4O. The van der Waals surface area contributed by atoms with Crippen molar-refractivity contribution in [2.24, 2.45) is 0 Å². The van der Waals surface area contributed by atoms with Gasteiger partial charge in [0.2, 0.25) is 5.91 Å². The predicted molar refractivity (Wildman–Crippen MR) is 83.3 cm³/mol. The fraction of sp³-hybridized carbons (Fsp3) is 0.500. The molecule has 0 aliphatic carbocycles. The number of fused-ring (bicyclic) bond motifs is 1. The lowest BCUT2D eigenvalue weighted by Crippen LogP contribution is -2.48. The third-order valence-electron chi connectivity index (χ3n) is 4.42. The highest BCUT2D eigenvalue weighted by Gasteiger charge is 2.25. The Hall–Kier alpha value is -1.88. The van der Waals surface area contributed by atoms with Crippen LogP contribution >= 0.6 is 0 Å². The summed E-state index contributed by atoms with van der Waals surface area (Å²) in [5.41, 5.74) is 2.24. The van der Waals surface area contributed by atoms with Crippen LogP contribution in [0.4, 0.5) is 0 Å². The molecule has 2 aromatic rings. The van der Waals surface area contributed by atoms with Gasteiger partial charge in [-0.3, -0.25) is 9.78 Å². The number of amides is 1. The molecule has 0 saturated carbocycles. The van der Waals surface area contributed by atoms with E-state index in [-0.39, 0.29) is 11.9 Å². The number of carbonyl (C=O) groups is 1. The van der Waals surface area contributed by atoms with E-state index in [2.05, 4.69) is 34.6 Å². The van der Waals surface area contributed by atoms with E-state index in [0.29, 0.717) is 0 Å². The first kappa shape index (κ1) is 14.1. The molecule has 1 fully saturated rings. The molecule has 0 aromatic carbocycles. The van der Waals surface area contributed by atoms with Crippen molar-refractivity contribution in [1.82, 2.24) is 19.4 Å². The largest absolute Gasteiger partial charge is 0.338 e. The Bertz CT molecular complexity index is 655. The maximum absolute atomic E-state index is 12.7. The number of likely N-dealkylation sites (N-methyl/N-ethyl adjacent to an activating group) is 1. The maximum Gasteiger partial charge on any atom is 0.245 e. The summed E-state index contributed by atoms with van der Waals surface area (Å²) in [6, 6.07) is 1.81. The molecule has 1 aliphatic heterocycles. The molecule has 112 valence electrons. The summed E-state index contributed by atoms with van der Waals surface area (Å²) in [5, 5.41) is 1.12. The highest BCUT2D eigenvalue weighted by atomic mass is 16.2. The number of rotatable bonds is 2. The summed E-state index contributed by atoms with van der Waals surface area (Å²) in [7, 11) is 2.10. The Morgan fingerprint density at radius 3 is 2.71 bits per heavy atom. The van der Waals surface area contributed by atoms with Gasteiger partial charge in [0.25, 0.3) is 0 Å². The van der Waals surface area contributed by atoms with Gasteiger partial charge in [0, 0.05) is 50.2 Å². The molecule has 3 heterocycles. The van der Waals surface area contributed by atoms with Gasteiger partial charge in [0.05, 0.1) is 5.52 Å². The summed E-state index contributed by atoms with van der Waals surface area (Å²) in [6.07, 6.45) is 5.71. The average Bonchev–Trinajstić information content (AvgIpc) is 2.84.